The van der Waals surface area contributed by atoms with Crippen LogP contribution in [0.5, 0.6) is 5.88 Å². The number of morpholine rings is 1. The van der Waals surface area contributed by atoms with E-state index in [-0.39, 0.29) is 25.6 Å². The zero-order valence-corrected chi connectivity index (χ0v) is 15.8. The maximum Gasteiger partial charge on any atom is 0.407 e. The standard InChI is InChI=1S/C16H20IN3O5/c17-13-3-4-14(18-12-13)25-11-8-20(16(22)23)5-1-2-15(21)19-6-9-24-10-7-19/h1-4,12H,5-11H2,(H,22,23). The van der Waals surface area contributed by atoms with E-state index in [1.54, 1.807) is 23.2 Å². The Morgan fingerprint density at radius 1 is 1.40 bits per heavy atom. The van der Waals surface area contributed by atoms with E-state index >= 15 is 0 Å². The number of pyridine rings is 1. The molecule has 0 aliphatic carbocycles. The van der Waals surface area contributed by atoms with E-state index in [0.29, 0.717) is 32.2 Å². The summed E-state index contributed by atoms with van der Waals surface area (Å²) in [5.74, 6) is 0.316. The summed E-state index contributed by atoms with van der Waals surface area (Å²) in [6.45, 7) is 2.67. The summed E-state index contributed by atoms with van der Waals surface area (Å²) >= 11 is 2.14. The van der Waals surface area contributed by atoms with Gasteiger partial charge in [0, 0.05) is 41.5 Å². The molecule has 8 nitrogen and oxygen atoms in total. The van der Waals surface area contributed by atoms with Gasteiger partial charge in [-0.1, -0.05) is 6.08 Å². The number of carbonyl (C=O) groups is 2. The van der Waals surface area contributed by atoms with Crippen LogP contribution in [-0.4, -0.2) is 77.9 Å². The zero-order valence-electron chi connectivity index (χ0n) is 13.6. The quantitative estimate of drug-likeness (QED) is 0.489. The SMILES string of the molecule is O=C(O)N(CC=CC(=O)N1CCOCC1)CCOc1ccc(I)cn1. The first-order valence-corrected chi connectivity index (χ1v) is 8.89. The average Bonchev–Trinajstić information content (AvgIpc) is 2.62. The molecule has 1 aliphatic heterocycles. The monoisotopic (exact) mass is 461 g/mol. The van der Waals surface area contributed by atoms with Crippen molar-refractivity contribution >= 4 is 34.6 Å². The van der Waals surface area contributed by atoms with Crippen LogP contribution in [0.2, 0.25) is 0 Å². The minimum absolute atomic E-state index is 0.120. The molecular weight excluding hydrogens is 441 g/mol. The van der Waals surface area contributed by atoms with Crippen molar-refractivity contribution in [3.8, 4) is 5.88 Å². The summed E-state index contributed by atoms with van der Waals surface area (Å²) in [6.07, 6.45) is 3.56. The van der Waals surface area contributed by atoms with Crippen LogP contribution >= 0.6 is 22.6 Å². The molecule has 1 saturated heterocycles. The van der Waals surface area contributed by atoms with Crippen molar-refractivity contribution in [2.24, 2.45) is 0 Å². The summed E-state index contributed by atoms with van der Waals surface area (Å²) in [5.41, 5.74) is 0. The van der Waals surface area contributed by atoms with Crippen molar-refractivity contribution in [2.45, 2.75) is 0 Å². The predicted octanol–water partition coefficient (Wildman–Crippen LogP) is 1.46. The van der Waals surface area contributed by atoms with Gasteiger partial charge in [0.15, 0.2) is 0 Å². The molecule has 0 saturated carbocycles. The molecule has 1 aliphatic rings. The molecule has 2 amide bonds. The Labute approximate surface area is 159 Å². The normalized spacial score (nSPS) is 14.5. The number of ether oxygens (including phenoxy) is 2. The molecule has 2 heterocycles. The van der Waals surface area contributed by atoms with Gasteiger partial charge in [-0.05, 0) is 28.7 Å². The maximum atomic E-state index is 12.0. The summed E-state index contributed by atoms with van der Waals surface area (Å²) in [6, 6.07) is 3.59. The number of aromatic nitrogens is 1. The number of hydrogen-bond acceptors (Lipinski definition) is 5. The first-order valence-electron chi connectivity index (χ1n) is 7.81. The highest BCUT2D eigenvalue weighted by Gasteiger charge is 2.15. The van der Waals surface area contributed by atoms with Crippen molar-refractivity contribution < 1.29 is 24.2 Å². The Morgan fingerprint density at radius 2 is 2.16 bits per heavy atom. The molecule has 0 spiro atoms. The number of carbonyl (C=O) groups excluding carboxylic acids is 1. The third kappa shape index (κ3) is 6.86. The van der Waals surface area contributed by atoms with Crippen LogP contribution in [0.3, 0.4) is 0 Å². The predicted molar refractivity (Wildman–Crippen MR) is 98.6 cm³/mol. The fraction of sp³-hybridized carbons (Fsp3) is 0.438. The van der Waals surface area contributed by atoms with Gasteiger partial charge < -0.3 is 24.4 Å². The molecule has 1 N–H and O–H groups in total. The minimum Gasteiger partial charge on any atom is -0.476 e. The van der Waals surface area contributed by atoms with E-state index in [1.165, 1.54) is 11.0 Å². The smallest absolute Gasteiger partial charge is 0.407 e. The molecule has 1 fully saturated rings. The Bertz CT molecular complexity index is 602. The molecule has 0 bridgehead atoms. The van der Waals surface area contributed by atoms with E-state index in [9.17, 15) is 14.7 Å². The van der Waals surface area contributed by atoms with Crippen LogP contribution in [0.1, 0.15) is 0 Å². The molecule has 1 aromatic heterocycles. The maximum absolute atomic E-state index is 12.0. The van der Waals surface area contributed by atoms with Gasteiger partial charge in [-0.2, -0.15) is 0 Å². The van der Waals surface area contributed by atoms with Gasteiger partial charge in [0.05, 0.1) is 19.8 Å². The van der Waals surface area contributed by atoms with Crippen molar-refractivity contribution in [3.05, 3.63) is 34.1 Å². The first kappa shape index (κ1) is 19.4. The highest BCUT2D eigenvalue weighted by molar-refractivity contribution is 14.1. The molecule has 1 aromatic rings. The van der Waals surface area contributed by atoms with Crippen LogP contribution < -0.4 is 4.74 Å². The molecule has 9 heteroatoms. The lowest BCUT2D eigenvalue weighted by molar-refractivity contribution is -0.130. The molecule has 0 radical (unpaired) electrons. The average molecular weight is 461 g/mol. The van der Waals surface area contributed by atoms with Crippen molar-refractivity contribution in [2.75, 3.05) is 46.0 Å². The second-order valence-electron chi connectivity index (χ2n) is 5.23. The van der Waals surface area contributed by atoms with Gasteiger partial charge in [-0.15, -0.1) is 0 Å². The number of carboxylic acid groups (broad SMARTS) is 1. The third-order valence-electron chi connectivity index (χ3n) is 3.49. The van der Waals surface area contributed by atoms with Gasteiger partial charge in [-0.25, -0.2) is 9.78 Å². The lowest BCUT2D eigenvalue weighted by Gasteiger charge is -2.25. The fourth-order valence-electron chi connectivity index (χ4n) is 2.14. The van der Waals surface area contributed by atoms with Crippen LogP contribution in [0.25, 0.3) is 0 Å². The number of amides is 2. The number of nitrogens with zero attached hydrogens (tertiary/aromatic N) is 3. The Balaban J connectivity index is 1.75. The van der Waals surface area contributed by atoms with Crippen molar-refractivity contribution in [1.29, 1.82) is 0 Å². The van der Waals surface area contributed by atoms with Gasteiger partial charge >= 0.3 is 6.09 Å². The largest absolute Gasteiger partial charge is 0.476 e. The van der Waals surface area contributed by atoms with E-state index in [4.69, 9.17) is 9.47 Å². The highest BCUT2D eigenvalue weighted by atomic mass is 127. The van der Waals surface area contributed by atoms with Gasteiger partial charge in [-0.3, -0.25) is 4.79 Å². The molecular formula is C16H20IN3O5. The fourth-order valence-corrected chi connectivity index (χ4v) is 2.46. The molecule has 2 rings (SSSR count). The summed E-state index contributed by atoms with van der Waals surface area (Å²) in [5, 5.41) is 9.23. The van der Waals surface area contributed by atoms with Gasteiger partial charge in [0.25, 0.3) is 0 Å². The second-order valence-corrected chi connectivity index (χ2v) is 6.48. The zero-order chi connectivity index (χ0) is 18.1. The van der Waals surface area contributed by atoms with Crippen LogP contribution in [0.4, 0.5) is 4.79 Å². The van der Waals surface area contributed by atoms with Gasteiger partial charge in [0.1, 0.15) is 6.61 Å². The molecule has 0 aromatic carbocycles. The van der Waals surface area contributed by atoms with Crippen LogP contribution in [0, 0.1) is 3.57 Å². The summed E-state index contributed by atoms with van der Waals surface area (Å²) in [4.78, 5) is 30.2. The lowest BCUT2D eigenvalue weighted by atomic mass is 10.3. The molecule has 0 atom stereocenters. The first-order chi connectivity index (χ1) is 12.1. The third-order valence-corrected chi connectivity index (χ3v) is 4.13. The van der Waals surface area contributed by atoms with Crippen molar-refractivity contribution in [3.63, 3.8) is 0 Å². The Hall–Kier alpha value is -1.88. The van der Waals surface area contributed by atoms with E-state index in [1.807, 2.05) is 6.07 Å². The van der Waals surface area contributed by atoms with E-state index < -0.39 is 6.09 Å². The Kier molecular flexibility index (Phi) is 7.92. The highest BCUT2D eigenvalue weighted by Crippen LogP contribution is 2.09. The van der Waals surface area contributed by atoms with E-state index in [0.717, 1.165) is 3.57 Å². The number of hydrogen-bond donors (Lipinski definition) is 1. The second kappa shape index (κ2) is 10.2. The van der Waals surface area contributed by atoms with E-state index in [2.05, 4.69) is 27.6 Å². The van der Waals surface area contributed by atoms with Crippen LogP contribution in [-0.2, 0) is 9.53 Å². The van der Waals surface area contributed by atoms with Crippen molar-refractivity contribution in [1.82, 2.24) is 14.8 Å². The van der Waals surface area contributed by atoms with Crippen LogP contribution in [0.15, 0.2) is 30.5 Å². The number of rotatable bonds is 7. The summed E-state index contributed by atoms with van der Waals surface area (Å²) < 4.78 is 11.6. The van der Waals surface area contributed by atoms with Gasteiger partial charge in [0.2, 0.25) is 11.8 Å². The molecule has 0 unspecified atom stereocenters. The number of halogens is 1. The summed E-state index contributed by atoms with van der Waals surface area (Å²) in [7, 11) is 0. The topological polar surface area (TPSA) is 92.2 Å². The minimum atomic E-state index is -1.07. The Morgan fingerprint density at radius 3 is 2.80 bits per heavy atom. The molecule has 136 valence electrons. The molecule has 25 heavy (non-hydrogen) atoms. The lowest BCUT2D eigenvalue weighted by Crippen LogP contribution is -2.40.